The van der Waals surface area contributed by atoms with Gasteiger partial charge in [-0.25, -0.2) is 0 Å². The smallest absolute Gasteiger partial charge is 0.230 e. The van der Waals surface area contributed by atoms with E-state index in [0.717, 1.165) is 37.9 Å². The molecule has 2 aromatic rings. The molecule has 6 N–H and O–H groups in total. The Morgan fingerprint density at radius 3 is 2.20 bits per heavy atom. The summed E-state index contributed by atoms with van der Waals surface area (Å²) in [5.41, 5.74) is 5.77. The van der Waals surface area contributed by atoms with Crippen molar-refractivity contribution < 1.29 is 25.7 Å². The van der Waals surface area contributed by atoms with Crippen molar-refractivity contribution in [1.82, 2.24) is 0 Å². The Morgan fingerprint density at radius 1 is 0.933 bits per heavy atom. The third kappa shape index (κ3) is 8.93. The van der Waals surface area contributed by atoms with E-state index in [2.05, 4.69) is 21.3 Å². The fraction of sp³-hybridized carbons (Fsp3) is 0.364. The number of carboxylic acids is 1. The molecule has 0 aliphatic carbocycles. The van der Waals surface area contributed by atoms with E-state index in [-0.39, 0.29) is 12.3 Å². The second kappa shape index (κ2) is 13.2. The largest absolute Gasteiger partial charge is 0.544 e. The zero-order valence-electron chi connectivity index (χ0n) is 17.1. The highest BCUT2D eigenvalue weighted by atomic mass is 16.4. The molecule has 8 nitrogen and oxygen atoms in total. The fourth-order valence-electron chi connectivity index (χ4n) is 2.89. The second-order valence-corrected chi connectivity index (χ2v) is 7.05. The first-order chi connectivity index (χ1) is 14.6. The number of hydrogen-bond acceptors (Lipinski definition) is 5. The molecule has 0 fully saturated rings. The molecule has 0 saturated heterocycles. The number of unbranched alkanes of at least 4 members (excludes halogenated alkanes) is 3. The van der Waals surface area contributed by atoms with Crippen molar-refractivity contribution in [2.24, 2.45) is 10.2 Å². The van der Waals surface area contributed by atoms with Crippen LogP contribution in [0.2, 0.25) is 0 Å². The van der Waals surface area contributed by atoms with Crippen LogP contribution >= 0.6 is 0 Å². The van der Waals surface area contributed by atoms with Crippen molar-refractivity contribution in [3.05, 3.63) is 54.6 Å². The van der Waals surface area contributed by atoms with Gasteiger partial charge in [-0.3, -0.25) is 4.79 Å². The first kappa shape index (κ1) is 23.2. The highest BCUT2D eigenvalue weighted by Crippen LogP contribution is 2.20. The number of nitrogens with zero attached hydrogens (tertiary/aromatic N) is 2. The van der Waals surface area contributed by atoms with Gasteiger partial charge in [0.1, 0.15) is 6.04 Å². The first-order valence-corrected chi connectivity index (χ1v) is 10.3. The minimum absolute atomic E-state index is 0.142. The molecule has 1 atom stereocenters. The summed E-state index contributed by atoms with van der Waals surface area (Å²) in [5.74, 6) is -1.59. The van der Waals surface area contributed by atoms with E-state index in [1.807, 2.05) is 30.3 Å². The molecule has 0 radical (unpaired) electrons. The number of carboxylic acid groups (broad SMARTS) is 1. The third-order valence-corrected chi connectivity index (χ3v) is 4.55. The van der Waals surface area contributed by atoms with E-state index < -0.39 is 12.0 Å². The predicted molar refractivity (Wildman–Crippen MR) is 112 cm³/mol. The molecule has 8 heteroatoms. The maximum atomic E-state index is 12.2. The number of aliphatic carboxylic acids is 1. The number of rotatable bonds is 13. The maximum Gasteiger partial charge on any atom is 0.230 e. The molecule has 2 aromatic carbocycles. The Balaban J connectivity index is 1.79. The average molecular weight is 413 g/mol. The molecular formula is C22H30N5O3+. The van der Waals surface area contributed by atoms with E-state index in [9.17, 15) is 14.7 Å². The summed E-state index contributed by atoms with van der Waals surface area (Å²) in [5, 5.41) is 24.0. The first-order valence-electron chi connectivity index (χ1n) is 10.3. The molecule has 0 unspecified atom stereocenters. The molecular weight excluding hydrogens is 382 g/mol. The molecule has 0 bridgehead atoms. The number of nitrogens with two attached hydrogens (primary N) is 1. The van der Waals surface area contributed by atoms with Crippen LogP contribution in [0, 0.1) is 0 Å². The SMILES string of the molecule is [NH3+]CCCCCC[NH2+][C@@H](CC(=O)Nc1ccc(N=Nc2ccccc2)cc1)C(=O)[O-]. The summed E-state index contributed by atoms with van der Waals surface area (Å²) in [4.78, 5) is 23.6. The number of carbonyl (C=O) groups excluding carboxylic acids is 2. The molecule has 0 spiro atoms. The van der Waals surface area contributed by atoms with Crippen LogP contribution in [-0.2, 0) is 9.59 Å². The topological polar surface area (TPSA) is 138 Å². The van der Waals surface area contributed by atoms with Gasteiger partial charge in [-0.1, -0.05) is 18.2 Å². The molecule has 2 rings (SSSR count). The van der Waals surface area contributed by atoms with Gasteiger partial charge >= 0.3 is 0 Å². The number of carbonyl (C=O) groups is 2. The third-order valence-electron chi connectivity index (χ3n) is 4.55. The Kier molecular flexibility index (Phi) is 10.2. The van der Waals surface area contributed by atoms with Crippen LogP contribution in [-0.4, -0.2) is 31.0 Å². The number of anilines is 1. The number of hydrogen-bond donors (Lipinski definition) is 3. The molecule has 0 saturated carbocycles. The average Bonchev–Trinajstić information content (AvgIpc) is 2.75. The lowest BCUT2D eigenvalue weighted by Gasteiger charge is -2.16. The van der Waals surface area contributed by atoms with Crippen LogP contribution in [0.25, 0.3) is 0 Å². The van der Waals surface area contributed by atoms with Gasteiger partial charge in [-0.2, -0.15) is 10.2 Å². The zero-order valence-corrected chi connectivity index (χ0v) is 17.1. The van der Waals surface area contributed by atoms with Gasteiger partial charge in [0.15, 0.2) is 0 Å². The lowest BCUT2D eigenvalue weighted by molar-refractivity contribution is -0.682. The molecule has 160 valence electrons. The molecule has 0 aliphatic rings. The van der Waals surface area contributed by atoms with E-state index in [0.29, 0.717) is 17.9 Å². The fourth-order valence-corrected chi connectivity index (χ4v) is 2.89. The van der Waals surface area contributed by atoms with Gasteiger partial charge in [0.05, 0.1) is 36.9 Å². The Bertz CT molecular complexity index is 809. The van der Waals surface area contributed by atoms with Crippen LogP contribution in [0.3, 0.4) is 0 Å². The number of quaternary nitrogens is 2. The zero-order chi connectivity index (χ0) is 21.6. The number of amides is 1. The number of benzene rings is 2. The van der Waals surface area contributed by atoms with Crippen molar-refractivity contribution in [2.75, 3.05) is 18.4 Å². The molecule has 1 amide bonds. The van der Waals surface area contributed by atoms with Crippen LogP contribution < -0.4 is 21.5 Å². The van der Waals surface area contributed by atoms with Crippen molar-refractivity contribution in [1.29, 1.82) is 0 Å². The second-order valence-electron chi connectivity index (χ2n) is 7.05. The minimum Gasteiger partial charge on any atom is -0.544 e. The standard InChI is InChI=1S/C22H29N5O3/c23-14-6-1-2-7-15-24-20(22(29)30)16-21(28)25-17-10-12-19(13-11-17)27-26-18-8-4-3-5-9-18/h3-5,8-13,20,24H,1-2,6-7,14-16,23H2,(H,25,28)(H,29,30)/p+1/t20-/m0/s1. The molecule has 0 heterocycles. The lowest BCUT2D eigenvalue weighted by Crippen LogP contribution is -2.93. The van der Waals surface area contributed by atoms with Crippen molar-refractivity contribution in [3.8, 4) is 0 Å². The van der Waals surface area contributed by atoms with Gasteiger partial charge in [0.25, 0.3) is 0 Å². The van der Waals surface area contributed by atoms with Crippen molar-refractivity contribution in [3.63, 3.8) is 0 Å². The van der Waals surface area contributed by atoms with E-state index >= 15 is 0 Å². The van der Waals surface area contributed by atoms with E-state index in [1.165, 1.54) is 0 Å². The van der Waals surface area contributed by atoms with Crippen LogP contribution in [0.4, 0.5) is 17.1 Å². The minimum atomic E-state index is -1.22. The van der Waals surface area contributed by atoms with Gasteiger partial charge in [0, 0.05) is 5.69 Å². The predicted octanol–water partition coefficient (Wildman–Crippen LogP) is 0.915. The highest BCUT2D eigenvalue weighted by Gasteiger charge is 2.18. The highest BCUT2D eigenvalue weighted by molar-refractivity contribution is 5.93. The van der Waals surface area contributed by atoms with Crippen LogP contribution in [0.1, 0.15) is 32.1 Å². The van der Waals surface area contributed by atoms with Gasteiger partial charge < -0.3 is 26.3 Å². The summed E-state index contributed by atoms with van der Waals surface area (Å²) >= 11 is 0. The van der Waals surface area contributed by atoms with Crippen LogP contribution in [0.15, 0.2) is 64.8 Å². The summed E-state index contributed by atoms with van der Waals surface area (Å²) in [6.07, 6.45) is 3.97. The molecule has 30 heavy (non-hydrogen) atoms. The maximum absolute atomic E-state index is 12.2. The summed E-state index contributed by atoms with van der Waals surface area (Å²) in [6.45, 7) is 1.58. The normalized spacial score (nSPS) is 12.0. The van der Waals surface area contributed by atoms with Crippen LogP contribution in [0.5, 0.6) is 0 Å². The van der Waals surface area contributed by atoms with Gasteiger partial charge in [0.2, 0.25) is 5.91 Å². The van der Waals surface area contributed by atoms with Gasteiger partial charge in [-0.05, 0) is 62.1 Å². The van der Waals surface area contributed by atoms with Crippen molar-refractivity contribution >= 4 is 28.9 Å². The molecule has 0 aliphatic heterocycles. The summed E-state index contributed by atoms with van der Waals surface area (Å²) in [6, 6.07) is 15.4. The summed E-state index contributed by atoms with van der Waals surface area (Å²) in [7, 11) is 0. The quantitative estimate of drug-likeness (QED) is 0.333. The Morgan fingerprint density at radius 2 is 1.57 bits per heavy atom. The number of nitrogens with one attached hydrogen (secondary N) is 1. The van der Waals surface area contributed by atoms with Gasteiger partial charge in [-0.15, -0.1) is 0 Å². The monoisotopic (exact) mass is 412 g/mol. The lowest BCUT2D eigenvalue weighted by atomic mass is 10.1. The Labute approximate surface area is 176 Å². The molecule has 0 aromatic heterocycles. The van der Waals surface area contributed by atoms with E-state index in [1.54, 1.807) is 29.6 Å². The van der Waals surface area contributed by atoms with Crippen molar-refractivity contribution in [2.45, 2.75) is 38.1 Å². The Hall–Kier alpha value is -3.10. The number of azo groups is 1. The summed E-state index contributed by atoms with van der Waals surface area (Å²) < 4.78 is 0. The van der Waals surface area contributed by atoms with E-state index in [4.69, 9.17) is 0 Å².